The van der Waals surface area contributed by atoms with Gasteiger partial charge >= 0.3 is 0 Å². The lowest BCUT2D eigenvalue weighted by molar-refractivity contribution is -0.120. The summed E-state index contributed by atoms with van der Waals surface area (Å²) in [6.45, 7) is 4.08. The second-order valence-corrected chi connectivity index (χ2v) is 6.30. The molecule has 0 unspecified atom stereocenters. The first kappa shape index (κ1) is 18.1. The number of anilines is 2. The number of fused-ring (bicyclic) bond motifs is 1. The highest BCUT2D eigenvalue weighted by atomic mass is 35.5. The summed E-state index contributed by atoms with van der Waals surface area (Å²) in [6, 6.07) is 10.4. The molecule has 136 valence electrons. The van der Waals surface area contributed by atoms with E-state index in [0.717, 1.165) is 5.56 Å². The predicted octanol–water partition coefficient (Wildman–Crippen LogP) is 3.41. The number of halogens is 1. The molecule has 2 aromatic rings. The lowest BCUT2D eigenvalue weighted by Crippen LogP contribution is -2.37. The van der Waals surface area contributed by atoms with E-state index < -0.39 is 0 Å². The van der Waals surface area contributed by atoms with E-state index in [2.05, 4.69) is 5.32 Å². The fourth-order valence-corrected chi connectivity index (χ4v) is 2.89. The fraction of sp³-hybridized carbons (Fsp3) is 0.263. The number of hydrogen-bond donors (Lipinski definition) is 1. The average Bonchev–Trinajstić information content (AvgIpc) is 2.62. The normalized spacial score (nSPS) is 12.4. The summed E-state index contributed by atoms with van der Waals surface area (Å²) in [5, 5.41) is 3.32. The lowest BCUT2D eigenvalue weighted by atomic mass is 10.1. The van der Waals surface area contributed by atoms with Crippen LogP contribution < -0.4 is 19.7 Å². The van der Waals surface area contributed by atoms with Crippen LogP contribution in [0.2, 0.25) is 5.02 Å². The quantitative estimate of drug-likeness (QED) is 0.890. The lowest BCUT2D eigenvalue weighted by Gasteiger charge is -2.23. The molecule has 7 heteroatoms. The SMILES string of the molecule is CC(=O)N(CC(=O)Nc1ccc2c(c1)OCCO2)c1cccc(Cl)c1C. The highest BCUT2D eigenvalue weighted by Gasteiger charge is 2.19. The Hall–Kier alpha value is -2.73. The molecule has 3 rings (SSSR count). The second-order valence-electron chi connectivity index (χ2n) is 5.90. The van der Waals surface area contributed by atoms with E-state index in [1.807, 2.05) is 6.92 Å². The van der Waals surface area contributed by atoms with E-state index in [9.17, 15) is 9.59 Å². The van der Waals surface area contributed by atoms with Crippen molar-refractivity contribution < 1.29 is 19.1 Å². The summed E-state index contributed by atoms with van der Waals surface area (Å²) in [6.07, 6.45) is 0. The van der Waals surface area contributed by atoms with Gasteiger partial charge in [-0.05, 0) is 36.8 Å². The predicted molar refractivity (Wildman–Crippen MR) is 100 cm³/mol. The number of amides is 2. The molecule has 0 bridgehead atoms. The Morgan fingerprint density at radius 3 is 2.62 bits per heavy atom. The largest absolute Gasteiger partial charge is 0.486 e. The van der Waals surface area contributed by atoms with E-state index in [4.69, 9.17) is 21.1 Å². The molecule has 2 amide bonds. The van der Waals surface area contributed by atoms with Crippen molar-refractivity contribution in [1.82, 2.24) is 0 Å². The Labute approximate surface area is 156 Å². The van der Waals surface area contributed by atoms with E-state index in [1.54, 1.807) is 36.4 Å². The summed E-state index contributed by atoms with van der Waals surface area (Å²) >= 11 is 6.13. The number of benzene rings is 2. The van der Waals surface area contributed by atoms with Crippen molar-refractivity contribution in [2.75, 3.05) is 30.0 Å². The zero-order valence-electron chi connectivity index (χ0n) is 14.5. The molecular formula is C19H19ClN2O4. The Kier molecular flexibility index (Phi) is 5.32. The van der Waals surface area contributed by atoms with Gasteiger partial charge in [0.15, 0.2) is 11.5 Å². The Morgan fingerprint density at radius 2 is 1.88 bits per heavy atom. The summed E-state index contributed by atoms with van der Waals surface area (Å²) in [5.41, 5.74) is 1.93. The molecule has 0 radical (unpaired) electrons. The third-order valence-corrected chi connectivity index (χ3v) is 4.45. The number of carbonyl (C=O) groups excluding carboxylic acids is 2. The molecule has 1 heterocycles. The molecule has 0 spiro atoms. The van der Waals surface area contributed by atoms with Crippen molar-refractivity contribution in [1.29, 1.82) is 0 Å². The first-order valence-electron chi connectivity index (χ1n) is 8.18. The van der Waals surface area contributed by atoms with Crippen LogP contribution in [0.1, 0.15) is 12.5 Å². The van der Waals surface area contributed by atoms with Gasteiger partial charge in [-0.1, -0.05) is 17.7 Å². The van der Waals surface area contributed by atoms with Crippen molar-refractivity contribution in [3.05, 3.63) is 47.0 Å². The third kappa shape index (κ3) is 3.91. The van der Waals surface area contributed by atoms with Crippen LogP contribution in [0.15, 0.2) is 36.4 Å². The van der Waals surface area contributed by atoms with Crippen molar-refractivity contribution in [3.8, 4) is 11.5 Å². The van der Waals surface area contributed by atoms with Gasteiger partial charge in [0.1, 0.15) is 19.8 Å². The Bertz CT molecular complexity index is 853. The summed E-state index contributed by atoms with van der Waals surface area (Å²) in [5.74, 6) is 0.668. The van der Waals surface area contributed by atoms with E-state index in [1.165, 1.54) is 11.8 Å². The highest BCUT2D eigenvalue weighted by molar-refractivity contribution is 6.31. The van der Waals surface area contributed by atoms with Crippen molar-refractivity contribution >= 4 is 34.8 Å². The molecule has 0 saturated carbocycles. The summed E-state index contributed by atoms with van der Waals surface area (Å²) < 4.78 is 11.0. The van der Waals surface area contributed by atoms with Crippen LogP contribution in [0.4, 0.5) is 11.4 Å². The van der Waals surface area contributed by atoms with Gasteiger partial charge in [0.25, 0.3) is 0 Å². The van der Waals surface area contributed by atoms with E-state index in [0.29, 0.717) is 41.1 Å². The smallest absolute Gasteiger partial charge is 0.244 e. The van der Waals surface area contributed by atoms with Crippen LogP contribution in [0.5, 0.6) is 11.5 Å². The maximum Gasteiger partial charge on any atom is 0.244 e. The molecule has 1 aliphatic rings. The van der Waals surface area contributed by atoms with Gasteiger partial charge in [-0.25, -0.2) is 0 Å². The first-order chi connectivity index (χ1) is 12.5. The number of nitrogens with one attached hydrogen (secondary N) is 1. The number of hydrogen-bond acceptors (Lipinski definition) is 4. The van der Waals surface area contributed by atoms with Crippen molar-refractivity contribution in [2.24, 2.45) is 0 Å². The molecule has 26 heavy (non-hydrogen) atoms. The monoisotopic (exact) mass is 374 g/mol. The summed E-state index contributed by atoms with van der Waals surface area (Å²) in [7, 11) is 0. The highest BCUT2D eigenvalue weighted by Crippen LogP contribution is 2.32. The topological polar surface area (TPSA) is 67.9 Å². The maximum atomic E-state index is 12.5. The number of carbonyl (C=O) groups is 2. The van der Waals surface area contributed by atoms with Gasteiger partial charge < -0.3 is 19.7 Å². The van der Waals surface area contributed by atoms with Gasteiger partial charge in [0, 0.05) is 29.4 Å². The third-order valence-electron chi connectivity index (χ3n) is 4.04. The van der Waals surface area contributed by atoms with Gasteiger partial charge in [-0.3, -0.25) is 9.59 Å². The fourth-order valence-electron chi connectivity index (χ4n) is 2.72. The first-order valence-corrected chi connectivity index (χ1v) is 8.56. The van der Waals surface area contributed by atoms with Crippen LogP contribution in [0.3, 0.4) is 0 Å². The maximum absolute atomic E-state index is 12.5. The minimum atomic E-state index is -0.323. The Morgan fingerprint density at radius 1 is 1.15 bits per heavy atom. The molecule has 0 fully saturated rings. The average molecular weight is 375 g/mol. The van der Waals surface area contributed by atoms with Gasteiger partial charge in [-0.2, -0.15) is 0 Å². The van der Waals surface area contributed by atoms with Crippen LogP contribution in [-0.4, -0.2) is 31.6 Å². The van der Waals surface area contributed by atoms with Crippen LogP contribution in [-0.2, 0) is 9.59 Å². The van der Waals surface area contributed by atoms with E-state index >= 15 is 0 Å². The molecule has 1 N–H and O–H groups in total. The molecule has 0 aromatic heterocycles. The van der Waals surface area contributed by atoms with Gasteiger partial charge in [0.2, 0.25) is 11.8 Å². The molecule has 0 aliphatic carbocycles. The second kappa shape index (κ2) is 7.66. The minimum absolute atomic E-state index is 0.120. The van der Waals surface area contributed by atoms with E-state index in [-0.39, 0.29) is 18.4 Å². The zero-order chi connectivity index (χ0) is 18.7. The zero-order valence-corrected chi connectivity index (χ0v) is 15.3. The standard InChI is InChI=1S/C19H19ClN2O4/c1-12-15(20)4-3-5-16(12)22(13(2)23)11-19(24)21-14-6-7-17-18(10-14)26-9-8-25-17/h3-7,10H,8-9,11H2,1-2H3,(H,21,24). The van der Waals surface area contributed by atoms with Crippen LogP contribution >= 0.6 is 11.6 Å². The van der Waals surface area contributed by atoms with Crippen molar-refractivity contribution in [2.45, 2.75) is 13.8 Å². The molecule has 0 atom stereocenters. The molecule has 1 aliphatic heterocycles. The number of rotatable bonds is 4. The van der Waals surface area contributed by atoms with Crippen LogP contribution in [0.25, 0.3) is 0 Å². The van der Waals surface area contributed by atoms with Crippen molar-refractivity contribution in [3.63, 3.8) is 0 Å². The summed E-state index contributed by atoms with van der Waals surface area (Å²) in [4.78, 5) is 25.9. The van der Waals surface area contributed by atoms with Crippen LogP contribution in [0, 0.1) is 6.92 Å². The Balaban J connectivity index is 1.75. The molecule has 6 nitrogen and oxygen atoms in total. The van der Waals surface area contributed by atoms with Gasteiger partial charge in [-0.15, -0.1) is 0 Å². The minimum Gasteiger partial charge on any atom is -0.486 e. The molecular weight excluding hydrogens is 356 g/mol. The number of nitrogens with zero attached hydrogens (tertiary/aromatic N) is 1. The number of ether oxygens (including phenoxy) is 2. The van der Waals surface area contributed by atoms with Gasteiger partial charge in [0.05, 0.1) is 0 Å². The molecule has 2 aromatic carbocycles. The molecule has 0 saturated heterocycles.